The van der Waals surface area contributed by atoms with Crippen molar-refractivity contribution in [1.82, 2.24) is 0 Å². The van der Waals surface area contributed by atoms with Crippen LogP contribution in [0.4, 0.5) is 0 Å². The van der Waals surface area contributed by atoms with Crippen LogP contribution >= 0.6 is 15.6 Å². The molecule has 0 aliphatic heterocycles. The minimum atomic E-state index is -4.64. The zero-order valence-electron chi connectivity index (χ0n) is 6.31. The van der Waals surface area contributed by atoms with E-state index >= 15 is 0 Å². The van der Waals surface area contributed by atoms with E-state index in [1.165, 1.54) is 0 Å². The van der Waals surface area contributed by atoms with E-state index in [-0.39, 0.29) is 5.48 Å². The lowest BCUT2D eigenvalue weighted by molar-refractivity contribution is 0.272. The maximum atomic E-state index is 8.88. The first-order valence-corrected chi connectivity index (χ1v) is 5.20. The van der Waals surface area contributed by atoms with Gasteiger partial charge in [0.1, 0.15) is 0 Å². The molecule has 9 nitrogen and oxygen atoms in total. The molecule has 0 aliphatic carbocycles. The maximum absolute atomic E-state index is 8.88. The van der Waals surface area contributed by atoms with Gasteiger partial charge in [-0.2, -0.15) is 0 Å². The maximum Gasteiger partial charge on any atom is 0.466 e. The van der Waals surface area contributed by atoms with Crippen molar-refractivity contribution in [3.05, 3.63) is 13.2 Å². The van der Waals surface area contributed by atoms with Gasteiger partial charge in [-0.25, -0.2) is 9.13 Å². The van der Waals surface area contributed by atoms with Crippen molar-refractivity contribution in [3.63, 3.8) is 0 Å². The fraction of sp³-hybridized carbons (Fsp3) is 0. The fourth-order valence-corrected chi connectivity index (χ4v) is 0. The molecule has 0 saturated heterocycles. The van der Waals surface area contributed by atoms with Gasteiger partial charge in [0.2, 0.25) is 0 Å². The number of phosphoric acid groups is 2. The van der Waals surface area contributed by atoms with E-state index in [0.29, 0.717) is 0 Å². The molecular formula is C2H12O9P2. The molecule has 84 valence electrons. The Labute approximate surface area is 73.8 Å². The first kappa shape index (κ1) is 23.1. The summed E-state index contributed by atoms with van der Waals surface area (Å²) in [5.41, 5.74) is 0. The number of rotatable bonds is 0. The predicted molar refractivity (Wildman–Crippen MR) is 43.4 cm³/mol. The molecule has 0 aromatic heterocycles. The Hall–Kier alpha value is -0.0800. The molecule has 13 heavy (non-hydrogen) atoms. The summed E-state index contributed by atoms with van der Waals surface area (Å²) in [6.07, 6.45) is 0. The third kappa shape index (κ3) is 183000. The molecule has 8 N–H and O–H groups in total. The summed E-state index contributed by atoms with van der Waals surface area (Å²) in [6, 6.07) is 0. The van der Waals surface area contributed by atoms with Gasteiger partial charge in [-0.3, -0.25) is 0 Å². The van der Waals surface area contributed by atoms with E-state index in [4.69, 9.17) is 38.5 Å². The van der Waals surface area contributed by atoms with Crippen LogP contribution in [0.15, 0.2) is 13.2 Å². The van der Waals surface area contributed by atoms with Gasteiger partial charge in [0.15, 0.2) is 0 Å². The van der Waals surface area contributed by atoms with Crippen LogP contribution in [-0.4, -0.2) is 34.8 Å². The van der Waals surface area contributed by atoms with Gasteiger partial charge in [0, 0.05) is 0 Å². The summed E-state index contributed by atoms with van der Waals surface area (Å²) in [6.45, 7) is 6.00. The molecule has 0 rings (SSSR count). The molecule has 0 atom stereocenters. The Balaban J connectivity index is -0.0000000491. The fourth-order valence-electron chi connectivity index (χ4n) is 0. The van der Waals surface area contributed by atoms with Crippen molar-refractivity contribution >= 4 is 15.6 Å². The van der Waals surface area contributed by atoms with Crippen LogP contribution in [0.25, 0.3) is 0 Å². The second-order valence-corrected chi connectivity index (χ2v) is 3.08. The third-order valence-corrected chi connectivity index (χ3v) is 0. The topological polar surface area (TPSA) is 187 Å². The van der Waals surface area contributed by atoms with Crippen LogP contribution < -0.4 is 0 Å². The summed E-state index contributed by atoms with van der Waals surface area (Å²) in [5, 5.41) is 0. The lowest BCUT2D eigenvalue weighted by Gasteiger charge is -1.82. The Morgan fingerprint density at radius 2 is 0.692 bits per heavy atom. The van der Waals surface area contributed by atoms with E-state index in [0.717, 1.165) is 0 Å². The Morgan fingerprint density at radius 1 is 0.692 bits per heavy atom. The molecule has 0 aromatic rings. The molecule has 11 heteroatoms. The van der Waals surface area contributed by atoms with E-state index in [1.54, 1.807) is 0 Å². The van der Waals surface area contributed by atoms with Crippen molar-refractivity contribution in [3.8, 4) is 0 Å². The second-order valence-electron chi connectivity index (χ2n) is 1.03. The van der Waals surface area contributed by atoms with Crippen molar-refractivity contribution in [2.24, 2.45) is 0 Å². The Morgan fingerprint density at radius 3 is 0.692 bits per heavy atom. The number of hydrogen-bond acceptors (Lipinski definition) is 2. The van der Waals surface area contributed by atoms with E-state index in [2.05, 4.69) is 13.2 Å². The zero-order valence-corrected chi connectivity index (χ0v) is 8.10. The molecule has 0 fully saturated rings. The molecule has 0 heterocycles. The molecule has 0 aromatic carbocycles. The van der Waals surface area contributed by atoms with Gasteiger partial charge in [0.25, 0.3) is 0 Å². The summed E-state index contributed by atoms with van der Waals surface area (Å²) >= 11 is 0. The van der Waals surface area contributed by atoms with Gasteiger partial charge in [-0.15, -0.1) is 13.2 Å². The first-order chi connectivity index (χ1) is 5.00. The third-order valence-electron chi connectivity index (χ3n) is 0. The SMILES string of the molecule is C=C.O.O=P(O)(O)O.O=P(O)(O)O. The molecular weight excluding hydrogens is 230 g/mol. The van der Waals surface area contributed by atoms with Gasteiger partial charge in [-0.1, -0.05) is 0 Å². The predicted octanol–water partition coefficient (Wildman–Crippen LogP) is -1.88. The lowest BCUT2D eigenvalue weighted by Crippen LogP contribution is -1.66. The summed E-state index contributed by atoms with van der Waals surface area (Å²) in [5.74, 6) is 0. The monoisotopic (exact) mass is 242 g/mol. The normalized spacial score (nSPS) is 9.38. The molecule has 0 unspecified atom stereocenters. The molecule has 0 saturated carbocycles. The summed E-state index contributed by atoms with van der Waals surface area (Å²) < 4.78 is 17.8. The van der Waals surface area contributed by atoms with Crippen LogP contribution in [0.5, 0.6) is 0 Å². The Kier molecular flexibility index (Phi) is 17.8. The van der Waals surface area contributed by atoms with Crippen LogP contribution in [-0.2, 0) is 9.13 Å². The van der Waals surface area contributed by atoms with Crippen molar-refractivity contribution in [1.29, 1.82) is 0 Å². The highest BCUT2D eigenvalue weighted by atomic mass is 31.2. The van der Waals surface area contributed by atoms with Crippen LogP contribution in [0.1, 0.15) is 0 Å². The lowest BCUT2D eigenvalue weighted by atomic mass is 11.3. The van der Waals surface area contributed by atoms with Crippen LogP contribution in [0.3, 0.4) is 0 Å². The molecule has 0 radical (unpaired) electrons. The molecule has 0 amide bonds. The second kappa shape index (κ2) is 10.0. The van der Waals surface area contributed by atoms with E-state index in [9.17, 15) is 0 Å². The zero-order chi connectivity index (χ0) is 11.0. The smallest absolute Gasteiger partial charge is 0.412 e. The van der Waals surface area contributed by atoms with Crippen molar-refractivity contribution < 1.29 is 44.0 Å². The highest BCUT2D eigenvalue weighted by molar-refractivity contribution is 7.45. The minimum Gasteiger partial charge on any atom is -0.412 e. The highest BCUT2D eigenvalue weighted by Gasteiger charge is 2.00. The van der Waals surface area contributed by atoms with Gasteiger partial charge in [-0.05, 0) is 0 Å². The summed E-state index contributed by atoms with van der Waals surface area (Å²) in [7, 11) is -9.28. The van der Waals surface area contributed by atoms with Gasteiger partial charge in [0.05, 0.1) is 0 Å². The quantitative estimate of drug-likeness (QED) is 0.210. The highest BCUT2D eigenvalue weighted by Crippen LogP contribution is 2.26. The Bertz CT molecular complexity index is 140. The average molecular weight is 242 g/mol. The van der Waals surface area contributed by atoms with Crippen LogP contribution in [0, 0.1) is 0 Å². The average Bonchev–Trinajstić information content (AvgIpc) is 1.59. The van der Waals surface area contributed by atoms with Crippen molar-refractivity contribution in [2.75, 3.05) is 0 Å². The van der Waals surface area contributed by atoms with Gasteiger partial charge >= 0.3 is 15.6 Å². The molecule has 0 aliphatic rings. The van der Waals surface area contributed by atoms with Gasteiger partial charge < -0.3 is 34.8 Å². The standard InChI is InChI=1S/C2H4.2H3O4P.H2O/c1-2;2*1-5(2,3)4;/h1-2H2;2*(H3,1,2,3,4);1H2. The molecule has 0 bridgehead atoms. The van der Waals surface area contributed by atoms with Crippen molar-refractivity contribution in [2.45, 2.75) is 0 Å². The van der Waals surface area contributed by atoms with E-state index < -0.39 is 15.6 Å². The van der Waals surface area contributed by atoms with E-state index in [1.807, 2.05) is 0 Å². The number of hydrogen-bond donors (Lipinski definition) is 6. The molecule has 0 spiro atoms. The minimum absolute atomic E-state index is 0. The summed E-state index contributed by atoms with van der Waals surface area (Å²) in [4.78, 5) is 43.1. The van der Waals surface area contributed by atoms with Crippen LogP contribution in [0.2, 0.25) is 0 Å². The largest absolute Gasteiger partial charge is 0.466 e. The first-order valence-electron chi connectivity index (χ1n) is 2.07.